The molecule has 2 rings (SSSR count). The number of anilines is 1. The second-order valence-corrected chi connectivity index (χ2v) is 6.78. The highest BCUT2D eigenvalue weighted by molar-refractivity contribution is 7.84. The molecule has 0 unspecified atom stereocenters. The molecule has 0 bridgehead atoms. The van der Waals surface area contributed by atoms with E-state index in [4.69, 9.17) is 10.5 Å². The van der Waals surface area contributed by atoms with E-state index < -0.39 is 34.7 Å². The first kappa shape index (κ1) is 19.3. The van der Waals surface area contributed by atoms with Crippen molar-refractivity contribution in [3.05, 3.63) is 59.7 Å². The number of hydrogen-bond acceptors (Lipinski definition) is 5. The Morgan fingerprint density at radius 1 is 1.08 bits per heavy atom. The van der Waals surface area contributed by atoms with Crippen molar-refractivity contribution in [1.82, 2.24) is 0 Å². The van der Waals surface area contributed by atoms with E-state index >= 15 is 0 Å². The van der Waals surface area contributed by atoms with Crippen LogP contribution in [0.2, 0.25) is 0 Å². The quantitative estimate of drug-likeness (QED) is 0.747. The highest BCUT2D eigenvalue weighted by Crippen LogP contribution is 2.15. The number of primary amides is 1. The Balaban J connectivity index is 2.04. The lowest BCUT2D eigenvalue weighted by atomic mass is 10.2. The van der Waals surface area contributed by atoms with E-state index in [9.17, 15) is 18.6 Å². The highest BCUT2D eigenvalue weighted by Gasteiger charge is 2.21. The summed E-state index contributed by atoms with van der Waals surface area (Å²) in [4.78, 5) is 35.8. The summed E-state index contributed by atoms with van der Waals surface area (Å²) in [6.45, 7) is 1.43. The maximum atomic E-state index is 12.3. The minimum absolute atomic E-state index is 0.152. The predicted octanol–water partition coefficient (Wildman–Crippen LogP) is 1.71. The molecular weight excluding hydrogens is 356 g/mol. The van der Waals surface area contributed by atoms with Gasteiger partial charge in [-0.2, -0.15) is 0 Å². The summed E-state index contributed by atoms with van der Waals surface area (Å²) < 4.78 is 16.9. The van der Waals surface area contributed by atoms with E-state index in [0.29, 0.717) is 16.1 Å². The summed E-state index contributed by atoms with van der Waals surface area (Å²) >= 11 is 0. The van der Waals surface area contributed by atoms with Crippen LogP contribution in [0.15, 0.2) is 53.4 Å². The van der Waals surface area contributed by atoms with Crippen molar-refractivity contribution in [3.8, 4) is 0 Å². The molecule has 0 saturated heterocycles. The molecule has 3 N–H and O–H groups in total. The maximum absolute atomic E-state index is 12.3. The zero-order valence-corrected chi connectivity index (χ0v) is 15.0. The van der Waals surface area contributed by atoms with Crippen LogP contribution in [0, 0.1) is 0 Å². The van der Waals surface area contributed by atoms with Gasteiger partial charge in [-0.15, -0.1) is 0 Å². The van der Waals surface area contributed by atoms with Crippen molar-refractivity contribution in [1.29, 1.82) is 0 Å². The molecule has 0 saturated carbocycles. The summed E-state index contributed by atoms with van der Waals surface area (Å²) in [6, 6.07) is 12.3. The second kappa shape index (κ2) is 8.39. The number of nitrogens with one attached hydrogen (secondary N) is 1. The normalized spacial score (nSPS) is 12.7. The third-order valence-electron chi connectivity index (χ3n) is 3.51. The smallest absolute Gasteiger partial charge is 0.340 e. The lowest BCUT2D eigenvalue weighted by Crippen LogP contribution is -2.30. The van der Waals surface area contributed by atoms with Crippen molar-refractivity contribution < 1.29 is 23.3 Å². The van der Waals surface area contributed by atoms with Crippen LogP contribution in [0.1, 0.15) is 27.6 Å². The fourth-order valence-electron chi connectivity index (χ4n) is 2.13. The lowest BCUT2D eigenvalue weighted by molar-refractivity contribution is -0.123. The molecule has 0 heterocycles. The number of benzene rings is 2. The number of rotatable bonds is 6. The van der Waals surface area contributed by atoms with Gasteiger partial charge in [0.15, 0.2) is 6.10 Å². The van der Waals surface area contributed by atoms with E-state index in [-0.39, 0.29) is 5.56 Å². The van der Waals surface area contributed by atoms with Crippen LogP contribution in [-0.2, 0) is 20.3 Å². The average Bonchev–Trinajstić information content (AvgIpc) is 2.61. The van der Waals surface area contributed by atoms with Gasteiger partial charge in [-0.25, -0.2) is 4.79 Å². The molecule has 2 aromatic rings. The summed E-state index contributed by atoms with van der Waals surface area (Å²) in [5.74, 6) is -1.85. The fraction of sp³-hybridized carbons (Fsp3) is 0.167. The number of amides is 2. The van der Waals surface area contributed by atoms with Crippen LogP contribution in [0.3, 0.4) is 0 Å². The molecule has 0 fully saturated rings. The molecule has 26 heavy (non-hydrogen) atoms. The van der Waals surface area contributed by atoms with Gasteiger partial charge in [-0.05, 0) is 43.3 Å². The van der Waals surface area contributed by atoms with E-state index in [2.05, 4.69) is 5.32 Å². The monoisotopic (exact) mass is 374 g/mol. The van der Waals surface area contributed by atoms with Crippen LogP contribution in [0.4, 0.5) is 5.69 Å². The fourth-order valence-corrected chi connectivity index (χ4v) is 2.86. The standard InChI is InChI=1S/C18H18N2O5S/c1-11(17(22)20-13-9-7-12(8-10-13)16(19)21)25-18(23)14-5-3-4-6-15(14)26(2)24/h3-11H,1-2H3,(H2,19,21)(H,20,22)/t11-,26+/m0/s1. The second-order valence-electron chi connectivity index (χ2n) is 5.43. The molecule has 7 nitrogen and oxygen atoms in total. The Morgan fingerprint density at radius 3 is 2.27 bits per heavy atom. The molecule has 0 aliphatic rings. The lowest BCUT2D eigenvalue weighted by Gasteiger charge is -2.14. The number of esters is 1. The Labute approximate surface area is 153 Å². The van der Waals surface area contributed by atoms with Crippen LogP contribution < -0.4 is 11.1 Å². The first-order valence-electron chi connectivity index (χ1n) is 7.63. The SMILES string of the molecule is C[C@H](OC(=O)c1ccccc1[S@@](C)=O)C(=O)Nc1ccc(C(N)=O)cc1. The van der Waals surface area contributed by atoms with E-state index in [0.717, 1.165) is 0 Å². The van der Waals surface area contributed by atoms with Gasteiger partial charge in [0.05, 0.1) is 21.3 Å². The van der Waals surface area contributed by atoms with Crippen LogP contribution in [0.25, 0.3) is 0 Å². The number of carbonyl (C=O) groups is 3. The summed E-state index contributed by atoms with van der Waals surface area (Å²) in [5, 5.41) is 2.57. The third kappa shape index (κ3) is 4.76. The zero-order valence-electron chi connectivity index (χ0n) is 14.2. The van der Waals surface area contributed by atoms with Gasteiger partial charge in [0.25, 0.3) is 5.91 Å². The van der Waals surface area contributed by atoms with Crippen LogP contribution in [0.5, 0.6) is 0 Å². The first-order valence-corrected chi connectivity index (χ1v) is 9.19. The Hall–Kier alpha value is -3.00. The first-order chi connectivity index (χ1) is 12.3. The van der Waals surface area contributed by atoms with Gasteiger partial charge in [0.1, 0.15) is 0 Å². The molecule has 2 atom stereocenters. The summed E-state index contributed by atoms with van der Waals surface area (Å²) in [7, 11) is -1.36. The van der Waals surface area contributed by atoms with Crippen molar-refractivity contribution in [2.24, 2.45) is 5.73 Å². The summed E-state index contributed by atoms with van der Waals surface area (Å²) in [6.07, 6.45) is 0.384. The van der Waals surface area contributed by atoms with Crippen molar-refractivity contribution in [2.75, 3.05) is 11.6 Å². The zero-order chi connectivity index (χ0) is 19.3. The molecule has 2 aromatic carbocycles. The van der Waals surface area contributed by atoms with Crippen molar-refractivity contribution in [3.63, 3.8) is 0 Å². The molecule has 0 aromatic heterocycles. The van der Waals surface area contributed by atoms with E-state index in [1.165, 1.54) is 43.5 Å². The number of ether oxygens (including phenoxy) is 1. The minimum Gasteiger partial charge on any atom is -0.449 e. The molecule has 0 spiro atoms. The van der Waals surface area contributed by atoms with Crippen LogP contribution in [-0.4, -0.2) is 34.4 Å². The number of nitrogens with two attached hydrogens (primary N) is 1. The predicted molar refractivity (Wildman–Crippen MR) is 97.2 cm³/mol. The van der Waals surface area contributed by atoms with Crippen molar-refractivity contribution in [2.45, 2.75) is 17.9 Å². The van der Waals surface area contributed by atoms with E-state index in [1.807, 2.05) is 0 Å². The van der Waals surface area contributed by atoms with Gasteiger partial charge in [0, 0.05) is 17.5 Å². The van der Waals surface area contributed by atoms with Crippen molar-refractivity contribution >= 4 is 34.3 Å². The van der Waals surface area contributed by atoms with Gasteiger partial charge in [-0.1, -0.05) is 12.1 Å². The maximum Gasteiger partial charge on any atom is 0.340 e. The van der Waals surface area contributed by atoms with Gasteiger partial charge in [0.2, 0.25) is 5.91 Å². The largest absolute Gasteiger partial charge is 0.449 e. The minimum atomic E-state index is -1.36. The molecule has 8 heteroatoms. The van der Waals surface area contributed by atoms with Crippen LogP contribution >= 0.6 is 0 Å². The Bertz CT molecular complexity index is 864. The topological polar surface area (TPSA) is 116 Å². The summed E-state index contributed by atoms with van der Waals surface area (Å²) in [5.41, 5.74) is 6.04. The van der Waals surface area contributed by atoms with Gasteiger partial charge < -0.3 is 15.8 Å². The molecule has 0 aliphatic heterocycles. The molecule has 136 valence electrons. The number of hydrogen-bond donors (Lipinski definition) is 2. The number of carbonyl (C=O) groups excluding carboxylic acids is 3. The Morgan fingerprint density at radius 2 is 1.69 bits per heavy atom. The van der Waals surface area contributed by atoms with Gasteiger partial charge in [-0.3, -0.25) is 13.8 Å². The average molecular weight is 374 g/mol. The Kier molecular flexibility index (Phi) is 6.24. The van der Waals surface area contributed by atoms with E-state index in [1.54, 1.807) is 18.2 Å². The molecule has 0 aliphatic carbocycles. The molecule has 0 radical (unpaired) electrons. The molecular formula is C18H18N2O5S. The third-order valence-corrected chi connectivity index (χ3v) is 4.48. The van der Waals surface area contributed by atoms with Gasteiger partial charge >= 0.3 is 5.97 Å². The molecule has 2 amide bonds. The highest BCUT2D eigenvalue weighted by atomic mass is 32.2.